The SMILES string of the molecule is CN(C)c1ccc(/C=N\NC(=O)c2cn(C3CC3)c3cc(N4CCN(CCO)CC4)c(F)cc3c2=O)cc1. The first-order valence-corrected chi connectivity index (χ1v) is 12.9. The first-order valence-electron chi connectivity index (χ1n) is 12.9. The van der Waals surface area contributed by atoms with Gasteiger partial charge in [0.2, 0.25) is 5.43 Å². The predicted molar refractivity (Wildman–Crippen MR) is 148 cm³/mol. The molecule has 5 rings (SSSR count). The van der Waals surface area contributed by atoms with Crippen molar-refractivity contribution in [2.45, 2.75) is 18.9 Å². The third kappa shape index (κ3) is 5.41. The van der Waals surface area contributed by atoms with E-state index in [2.05, 4.69) is 15.4 Å². The number of rotatable bonds is 8. The molecule has 0 unspecified atom stereocenters. The maximum Gasteiger partial charge on any atom is 0.276 e. The van der Waals surface area contributed by atoms with E-state index in [4.69, 9.17) is 0 Å². The molecule has 1 amide bonds. The van der Waals surface area contributed by atoms with Gasteiger partial charge in [-0.05, 0) is 42.7 Å². The number of fused-ring (bicyclic) bond motifs is 1. The number of nitrogens with one attached hydrogen (secondary N) is 1. The van der Waals surface area contributed by atoms with E-state index in [-0.39, 0.29) is 23.6 Å². The molecule has 2 heterocycles. The van der Waals surface area contributed by atoms with E-state index in [1.807, 2.05) is 52.7 Å². The highest BCUT2D eigenvalue weighted by Crippen LogP contribution is 2.38. The van der Waals surface area contributed by atoms with Crippen LogP contribution in [-0.2, 0) is 0 Å². The van der Waals surface area contributed by atoms with E-state index < -0.39 is 17.2 Å². The van der Waals surface area contributed by atoms with Gasteiger partial charge in [0, 0.05) is 70.1 Å². The van der Waals surface area contributed by atoms with Gasteiger partial charge < -0.3 is 19.5 Å². The molecular formula is C28H33FN6O3. The number of hydrogen-bond acceptors (Lipinski definition) is 7. The Morgan fingerprint density at radius 2 is 1.87 bits per heavy atom. The van der Waals surface area contributed by atoms with Gasteiger partial charge in [0.25, 0.3) is 5.91 Å². The van der Waals surface area contributed by atoms with Crippen molar-refractivity contribution in [3.8, 4) is 0 Å². The Morgan fingerprint density at radius 3 is 2.50 bits per heavy atom. The van der Waals surface area contributed by atoms with Gasteiger partial charge in [0.05, 0.1) is 24.0 Å². The molecule has 2 aromatic carbocycles. The van der Waals surface area contributed by atoms with Crippen molar-refractivity contribution in [3.05, 3.63) is 69.8 Å². The van der Waals surface area contributed by atoms with Gasteiger partial charge in [-0.2, -0.15) is 5.10 Å². The fourth-order valence-electron chi connectivity index (χ4n) is 4.86. The minimum atomic E-state index is -0.628. The van der Waals surface area contributed by atoms with E-state index in [1.165, 1.54) is 12.3 Å². The number of carbonyl (C=O) groups is 1. The fourth-order valence-corrected chi connectivity index (χ4v) is 4.86. The molecule has 0 radical (unpaired) electrons. The summed E-state index contributed by atoms with van der Waals surface area (Å²) in [7, 11) is 3.91. The second-order valence-corrected chi connectivity index (χ2v) is 10.1. The number of aliphatic hydroxyl groups excluding tert-OH is 1. The highest BCUT2D eigenvalue weighted by Gasteiger charge is 2.28. The topological polar surface area (TPSA) is 93.4 Å². The smallest absolute Gasteiger partial charge is 0.276 e. The minimum Gasteiger partial charge on any atom is -0.395 e. The summed E-state index contributed by atoms with van der Waals surface area (Å²) in [4.78, 5) is 32.4. The second-order valence-electron chi connectivity index (χ2n) is 10.1. The highest BCUT2D eigenvalue weighted by atomic mass is 19.1. The van der Waals surface area contributed by atoms with Gasteiger partial charge in [-0.15, -0.1) is 0 Å². The molecule has 0 spiro atoms. The second kappa shape index (κ2) is 10.9. The number of hydrogen-bond donors (Lipinski definition) is 2. The van der Waals surface area contributed by atoms with Crippen LogP contribution in [0.15, 0.2) is 52.5 Å². The number of pyridine rings is 1. The van der Waals surface area contributed by atoms with Crippen LogP contribution in [0, 0.1) is 5.82 Å². The lowest BCUT2D eigenvalue weighted by molar-refractivity contribution is 0.0953. The van der Waals surface area contributed by atoms with Gasteiger partial charge in [-0.3, -0.25) is 14.5 Å². The van der Waals surface area contributed by atoms with E-state index in [9.17, 15) is 14.7 Å². The van der Waals surface area contributed by atoms with Crippen molar-refractivity contribution in [3.63, 3.8) is 0 Å². The number of carbonyl (C=O) groups excluding carboxylic acids is 1. The number of benzene rings is 2. The van der Waals surface area contributed by atoms with E-state index in [0.717, 1.165) is 37.2 Å². The van der Waals surface area contributed by atoms with Gasteiger partial charge in [-0.25, -0.2) is 9.82 Å². The number of aromatic nitrogens is 1. The largest absolute Gasteiger partial charge is 0.395 e. The summed E-state index contributed by atoms with van der Waals surface area (Å²) in [5.74, 6) is -1.11. The van der Waals surface area contributed by atoms with Crippen LogP contribution in [0.25, 0.3) is 10.9 Å². The van der Waals surface area contributed by atoms with Crippen LogP contribution < -0.4 is 20.7 Å². The van der Waals surface area contributed by atoms with Crippen molar-refractivity contribution in [1.82, 2.24) is 14.9 Å². The van der Waals surface area contributed by atoms with Crippen molar-refractivity contribution in [2.75, 3.05) is 63.2 Å². The zero-order valence-corrected chi connectivity index (χ0v) is 21.7. The first-order chi connectivity index (χ1) is 18.4. The summed E-state index contributed by atoms with van der Waals surface area (Å²) in [5.41, 5.74) is 4.81. The summed E-state index contributed by atoms with van der Waals surface area (Å²) in [6, 6.07) is 10.8. The zero-order chi connectivity index (χ0) is 26.8. The molecule has 9 nitrogen and oxygen atoms in total. The van der Waals surface area contributed by atoms with E-state index >= 15 is 4.39 Å². The van der Waals surface area contributed by atoms with Crippen LogP contribution in [0.5, 0.6) is 0 Å². The molecular weight excluding hydrogens is 487 g/mol. The summed E-state index contributed by atoms with van der Waals surface area (Å²) in [6.45, 7) is 3.43. The number of β-amino-alcohol motifs (C(OH)–C–C–N with tert-alkyl or cyclic N) is 1. The van der Waals surface area contributed by atoms with E-state index in [0.29, 0.717) is 30.8 Å². The van der Waals surface area contributed by atoms with Crippen molar-refractivity contribution < 1.29 is 14.3 Å². The van der Waals surface area contributed by atoms with Crippen molar-refractivity contribution in [1.29, 1.82) is 0 Å². The monoisotopic (exact) mass is 520 g/mol. The van der Waals surface area contributed by atoms with Crippen LogP contribution in [0.3, 0.4) is 0 Å². The Bertz CT molecular complexity index is 1410. The number of hydrazone groups is 1. The molecule has 1 saturated heterocycles. The Hall–Kier alpha value is -3.76. The Morgan fingerprint density at radius 1 is 1.16 bits per heavy atom. The average molecular weight is 521 g/mol. The van der Waals surface area contributed by atoms with Crippen molar-refractivity contribution in [2.24, 2.45) is 5.10 Å². The van der Waals surface area contributed by atoms with Crippen LogP contribution >= 0.6 is 0 Å². The molecule has 38 heavy (non-hydrogen) atoms. The summed E-state index contributed by atoms with van der Waals surface area (Å²) in [5, 5.41) is 13.4. The molecule has 0 atom stereocenters. The number of nitrogens with zero attached hydrogens (tertiary/aromatic N) is 5. The van der Waals surface area contributed by atoms with Gasteiger partial charge in [-0.1, -0.05) is 12.1 Å². The molecule has 1 aliphatic heterocycles. The molecule has 2 N–H and O–H groups in total. The fraction of sp³-hybridized carbons (Fsp3) is 0.393. The third-order valence-corrected chi connectivity index (χ3v) is 7.20. The lowest BCUT2D eigenvalue weighted by Gasteiger charge is -2.36. The maximum absolute atomic E-state index is 15.3. The van der Waals surface area contributed by atoms with Crippen LogP contribution in [0.2, 0.25) is 0 Å². The number of halogens is 1. The first kappa shape index (κ1) is 25.9. The van der Waals surface area contributed by atoms with Crippen LogP contribution in [0.1, 0.15) is 34.8 Å². The standard InChI is InChI=1S/C28H33FN6O3/c1-32(2)20-5-3-19(4-6-20)17-30-31-28(38)23-18-35(21-7-8-21)25-16-26(24(29)15-22(25)27(23)37)34-11-9-33(10-12-34)13-14-36/h3-6,15-18,21,36H,7-14H2,1-2H3,(H,31,38)/b30-17-. The number of piperazine rings is 1. The Balaban J connectivity index is 1.40. The normalized spacial score (nSPS) is 16.4. The number of aliphatic hydroxyl groups is 1. The molecule has 3 aromatic rings. The molecule has 1 aromatic heterocycles. The Kier molecular flexibility index (Phi) is 7.44. The summed E-state index contributed by atoms with van der Waals surface area (Å²) in [6.07, 6.45) is 4.98. The Labute approximate surface area is 220 Å². The summed E-state index contributed by atoms with van der Waals surface area (Å²) >= 11 is 0. The molecule has 1 aliphatic carbocycles. The maximum atomic E-state index is 15.3. The van der Waals surface area contributed by atoms with Crippen molar-refractivity contribution >= 4 is 34.4 Å². The molecule has 1 saturated carbocycles. The molecule has 2 aliphatic rings. The zero-order valence-electron chi connectivity index (χ0n) is 21.7. The lowest BCUT2D eigenvalue weighted by atomic mass is 10.1. The predicted octanol–water partition coefficient (Wildman–Crippen LogP) is 2.42. The lowest BCUT2D eigenvalue weighted by Crippen LogP contribution is -2.47. The van der Waals surface area contributed by atoms with Gasteiger partial charge in [0.1, 0.15) is 11.4 Å². The van der Waals surface area contributed by atoms with Crippen LogP contribution in [0.4, 0.5) is 15.8 Å². The third-order valence-electron chi connectivity index (χ3n) is 7.20. The molecule has 200 valence electrons. The van der Waals surface area contributed by atoms with Crippen LogP contribution in [-0.4, -0.2) is 80.1 Å². The molecule has 2 fully saturated rings. The molecule has 0 bridgehead atoms. The number of anilines is 2. The number of amides is 1. The van der Waals surface area contributed by atoms with E-state index in [1.54, 1.807) is 12.3 Å². The van der Waals surface area contributed by atoms with Gasteiger partial charge >= 0.3 is 0 Å². The average Bonchev–Trinajstić information content (AvgIpc) is 3.75. The van der Waals surface area contributed by atoms with Gasteiger partial charge in [0.15, 0.2) is 0 Å². The quantitative estimate of drug-likeness (QED) is 0.350. The highest BCUT2D eigenvalue weighted by molar-refractivity contribution is 5.98. The minimum absolute atomic E-state index is 0.0609. The summed E-state index contributed by atoms with van der Waals surface area (Å²) < 4.78 is 17.2. The molecule has 10 heteroatoms.